The third kappa shape index (κ3) is 4.04. The van der Waals surface area contributed by atoms with E-state index in [0.29, 0.717) is 18.0 Å². The van der Waals surface area contributed by atoms with Crippen LogP contribution in [0.25, 0.3) is 0 Å². The molecule has 1 atom stereocenters. The van der Waals surface area contributed by atoms with Crippen molar-refractivity contribution in [3.05, 3.63) is 59.7 Å². The Morgan fingerprint density at radius 1 is 1.19 bits per heavy atom. The maximum Gasteiger partial charge on any atom is 0.240 e. The predicted molar refractivity (Wildman–Crippen MR) is 101 cm³/mol. The second-order valence-corrected chi connectivity index (χ2v) is 6.49. The van der Waals surface area contributed by atoms with Gasteiger partial charge in [0, 0.05) is 0 Å². The van der Waals surface area contributed by atoms with E-state index in [2.05, 4.69) is 5.32 Å². The van der Waals surface area contributed by atoms with Gasteiger partial charge in [-0.25, -0.2) is 0 Å². The summed E-state index contributed by atoms with van der Waals surface area (Å²) < 4.78 is 5.62. The van der Waals surface area contributed by atoms with Crippen molar-refractivity contribution in [2.24, 2.45) is 0 Å². The zero-order valence-electron chi connectivity index (χ0n) is 15.2. The molecular weight excluding hydrogens is 328 g/mol. The number of carbonyl (C=O) groups excluding carboxylic acids is 2. The van der Waals surface area contributed by atoms with Gasteiger partial charge in [-0.2, -0.15) is 0 Å². The SMILES string of the molecule is CC[C@@H](NC(=O)CN1C(=O)CCOc2ccccc21)c1ccc(C)cc1. The lowest BCUT2D eigenvalue weighted by Crippen LogP contribution is -2.41. The number of benzene rings is 2. The van der Waals surface area contributed by atoms with Crippen LogP contribution in [-0.2, 0) is 9.59 Å². The minimum atomic E-state index is -0.178. The Labute approximate surface area is 154 Å². The normalized spacial score (nSPS) is 14.8. The molecule has 2 amide bonds. The molecule has 0 saturated heterocycles. The molecular formula is C21H24N2O3. The van der Waals surface area contributed by atoms with E-state index in [-0.39, 0.29) is 30.8 Å². The van der Waals surface area contributed by atoms with Crippen LogP contribution in [0.5, 0.6) is 5.75 Å². The van der Waals surface area contributed by atoms with Crippen LogP contribution in [0.1, 0.15) is 36.9 Å². The number of hydrogen-bond donors (Lipinski definition) is 1. The highest BCUT2D eigenvalue weighted by molar-refractivity contribution is 6.00. The molecule has 136 valence electrons. The lowest BCUT2D eigenvalue weighted by Gasteiger charge is -2.23. The van der Waals surface area contributed by atoms with Crippen molar-refractivity contribution in [3.63, 3.8) is 0 Å². The Balaban J connectivity index is 1.74. The first kappa shape index (κ1) is 18.0. The molecule has 1 N–H and O–H groups in total. The van der Waals surface area contributed by atoms with E-state index in [4.69, 9.17) is 4.74 Å². The smallest absolute Gasteiger partial charge is 0.240 e. The topological polar surface area (TPSA) is 58.6 Å². The van der Waals surface area contributed by atoms with Gasteiger partial charge in [0.15, 0.2) is 0 Å². The third-order valence-electron chi connectivity index (χ3n) is 4.56. The van der Waals surface area contributed by atoms with Gasteiger partial charge in [-0.3, -0.25) is 14.5 Å². The van der Waals surface area contributed by atoms with Crippen molar-refractivity contribution in [1.82, 2.24) is 5.32 Å². The number of carbonyl (C=O) groups is 2. The Morgan fingerprint density at radius 3 is 2.65 bits per heavy atom. The Morgan fingerprint density at radius 2 is 1.92 bits per heavy atom. The van der Waals surface area contributed by atoms with Gasteiger partial charge in [0.2, 0.25) is 11.8 Å². The first-order valence-corrected chi connectivity index (χ1v) is 8.96. The number of fused-ring (bicyclic) bond motifs is 1. The third-order valence-corrected chi connectivity index (χ3v) is 4.56. The van der Waals surface area contributed by atoms with Crippen LogP contribution in [0.4, 0.5) is 5.69 Å². The number of amides is 2. The number of anilines is 1. The number of nitrogens with zero attached hydrogens (tertiary/aromatic N) is 1. The lowest BCUT2D eigenvalue weighted by molar-refractivity contribution is -0.124. The van der Waals surface area contributed by atoms with Gasteiger partial charge in [0.05, 0.1) is 24.8 Å². The minimum Gasteiger partial charge on any atom is -0.491 e. The first-order valence-electron chi connectivity index (χ1n) is 8.96. The first-order chi connectivity index (χ1) is 12.6. The number of aryl methyl sites for hydroxylation is 1. The van der Waals surface area contributed by atoms with Crippen LogP contribution in [0.2, 0.25) is 0 Å². The van der Waals surface area contributed by atoms with Gasteiger partial charge in [0.25, 0.3) is 0 Å². The molecule has 0 fully saturated rings. The van der Waals surface area contributed by atoms with Crippen molar-refractivity contribution in [3.8, 4) is 5.75 Å². The molecule has 1 heterocycles. The molecule has 2 aromatic rings. The van der Waals surface area contributed by atoms with Gasteiger partial charge >= 0.3 is 0 Å². The summed E-state index contributed by atoms with van der Waals surface area (Å²) in [7, 11) is 0. The summed E-state index contributed by atoms with van der Waals surface area (Å²) >= 11 is 0. The van der Waals surface area contributed by atoms with Crippen molar-refractivity contribution >= 4 is 17.5 Å². The summed E-state index contributed by atoms with van der Waals surface area (Å²) in [6, 6.07) is 15.4. The van der Waals surface area contributed by atoms with Gasteiger partial charge in [-0.05, 0) is 31.0 Å². The van der Waals surface area contributed by atoms with E-state index in [0.717, 1.165) is 12.0 Å². The molecule has 1 aliphatic heterocycles. The molecule has 5 nitrogen and oxygen atoms in total. The lowest BCUT2D eigenvalue weighted by atomic mass is 10.0. The number of rotatable bonds is 5. The number of ether oxygens (including phenoxy) is 1. The fourth-order valence-electron chi connectivity index (χ4n) is 3.10. The van der Waals surface area contributed by atoms with E-state index in [1.165, 1.54) is 10.5 Å². The molecule has 5 heteroatoms. The molecule has 0 bridgehead atoms. The predicted octanol–water partition coefficient (Wildman–Crippen LogP) is 3.38. The van der Waals surface area contributed by atoms with Crippen LogP contribution in [0.15, 0.2) is 48.5 Å². The van der Waals surface area contributed by atoms with Crippen molar-refractivity contribution < 1.29 is 14.3 Å². The van der Waals surface area contributed by atoms with Gasteiger partial charge in [-0.1, -0.05) is 48.9 Å². The van der Waals surface area contributed by atoms with Crippen LogP contribution in [0, 0.1) is 6.92 Å². The maximum atomic E-state index is 12.6. The summed E-state index contributed by atoms with van der Waals surface area (Å²) in [5, 5.41) is 3.05. The van der Waals surface area contributed by atoms with Crippen molar-refractivity contribution in [2.45, 2.75) is 32.7 Å². The molecule has 26 heavy (non-hydrogen) atoms. The summed E-state index contributed by atoms with van der Waals surface area (Å²) in [5.41, 5.74) is 2.90. The average Bonchev–Trinajstić information content (AvgIpc) is 2.80. The monoisotopic (exact) mass is 352 g/mol. The quantitative estimate of drug-likeness (QED) is 0.897. The summed E-state index contributed by atoms with van der Waals surface area (Å²) in [5.74, 6) is 0.354. The van der Waals surface area contributed by atoms with Gasteiger partial charge < -0.3 is 10.1 Å². The Hall–Kier alpha value is -2.82. The standard InChI is InChI=1S/C21H24N2O3/c1-3-17(16-10-8-15(2)9-11-16)22-20(24)14-23-18-6-4-5-7-19(18)26-13-12-21(23)25/h4-11,17H,3,12-14H2,1-2H3,(H,22,24)/t17-/m1/s1. The molecule has 0 saturated carbocycles. The average molecular weight is 352 g/mol. The molecule has 1 aliphatic rings. The molecule has 3 rings (SSSR count). The second kappa shape index (κ2) is 8.04. The molecule has 0 spiro atoms. The molecule has 0 unspecified atom stereocenters. The maximum absolute atomic E-state index is 12.6. The summed E-state index contributed by atoms with van der Waals surface area (Å²) in [4.78, 5) is 26.6. The minimum absolute atomic E-state index is 0.0123. The van der Waals surface area contributed by atoms with Crippen LogP contribution >= 0.6 is 0 Å². The Bertz CT molecular complexity index is 786. The largest absolute Gasteiger partial charge is 0.491 e. The molecule has 0 radical (unpaired) electrons. The second-order valence-electron chi connectivity index (χ2n) is 6.49. The Kier molecular flexibility index (Phi) is 5.56. The highest BCUT2D eigenvalue weighted by Gasteiger charge is 2.25. The van der Waals surface area contributed by atoms with E-state index in [1.54, 1.807) is 0 Å². The zero-order chi connectivity index (χ0) is 18.5. The number of hydrogen-bond acceptors (Lipinski definition) is 3. The van der Waals surface area contributed by atoms with E-state index in [9.17, 15) is 9.59 Å². The fourth-order valence-corrected chi connectivity index (χ4v) is 3.10. The fraction of sp³-hybridized carbons (Fsp3) is 0.333. The van der Waals surface area contributed by atoms with Gasteiger partial charge in [-0.15, -0.1) is 0 Å². The van der Waals surface area contributed by atoms with Crippen LogP contribution in [-0.4, -0.2) is 25.0 Å². The number of nitrogens with one attached hydrogen (secondary N) is 1. The molecule has 0 aromatic heterocycles. The van der Waals surface area contributed by atoms with Crippen molar-refractivity contribution in [1.29, 1.82) is 0 Å². The van der Waals surface area contributed by atoms with Crippen LogP contribution < -0.4 is 15.0 Å². The molecule has 0 aliphatic carbocycles. The van der Waals surface area contributed by atoms with E-state index < -0.39 is 0 Å². The van der Waals surface area contributed by atoms with Crippen molar-refractivity contribution in [2.75, 3.05) is 18.1 Å². The highest BCUT2D eigenvalue weighted by Crippen LogP contribution is 2.30. The summed E-state index contributed by atoms with van der Waals surface area (Å²) in [6.45, 7) is 4.38. The van der Waals surface area contributed by atoms with Gasteiger partial charge in [0.1, 0.15) is 12.3 Å². The number of para-hydroxylation sites is 2. The van der Waals surface area contributed by atoms with E-state index in [1.807, 2.05) is 62.4 Å². The van der Waals surface area contributed by atoms with Crippen LogP contribution in [0.3, 0.4) is 0 Å². The highest BCUT2D eigenvalue weighted by atomic mass is 16.5. The zero-order valence-corrected chi connectivity index (χ0v) is 15.2. The summed E-state index contributed by atoms with van der Waals surface area (Å²) in [6.07, 6.45) is 1.04. The molecule has 2 aromatic carbocycles. The van der Waals surface area contributed by atoms with E-state index >= 15 is 0 Å².